The van der Waals surface area contributed by atoms with Crippen LogP contribution in [0.1, 0.15) is 25.5 Å². The molecule has 1 aliphatic rings. The van der Waals surface area contributed by atoms with Crippen molar-refractivity contribution in [2.45, 2.75) is 25.8 Å². The first-order chi connectivity index (χ1) is 11.4. The average Bonchev–Trinajstić information content (AvgIpc) is 2.59. The van der Waals surface area contributed by atoms with Crippen molar-refractivity contribution in [3.63, 3.8) is 0 Å². The smallest absolute Gasteiger partial charge is 0.290 e. The molecular weight excluding hydrogens is 316 g/mol. The zero-order valence-corrected chi connectivity index (χ0v) is 14.3. The quantitative estimate of drug-likeness (QED) is 0.705. The molecule has 1 saturated heterocycles. The highest BCUT2D eigenvalue weighted by Gasteiger charge is 2.45. The number of aliphatic hydroxyl groups is 1. The lowest BCUT2D eigenvalue weighted by Gasteiger charge is -2.39. The molecule has 7 heteroatoms. The molecule has 0 bridgehead atoms. The number of phenols is 1. The van der Waals surface area contributed by atoms with Crippen LogP contribution < -0.4 is 10.2 Å². The van der Waals surface area contributed by atoms with Crippen LogP contribution in [0.4, 0.5) is 14.5 Å². The summed E-state index contributed by atoms with van der Waals surface area (Å²) in [5.41, 5.74) is 0.958. The Morgan fingerprint density at radius 1 is 1.25 bits per heavy atom. The zero-order chi connectivity index (χ0) is 17.7. The maximum absolute atomic E-state index is 14.4. The van der Waals surface area contributed by atoms with Crippen LogP contribution in [0.15, 0.2) is 18.2 Å². The van der Waals surface area contributed by atoms with Gasteiger partial charge in [0.2, 0.25) is 0 Å². The molecule has 136 valence electrons. The number of aromatic hydroxyl groups is 1. The van der Waals surface area contributed by atoms with Crippen molar-refractivity contribution < 1.29 is 19.0 Å². The van der Waals surface area contributed by atoms with Gasteiger partial charge in [-0.3, -0.25) is 4.90 Å². The number of benzene rings is 1. The molecule has 5 nitrogen and oxygen atoms in total. The number of piperazine rings is 1. The average molecular weight is 343 g/mol. The van der Waals surface area contributed by atoms with E-state index in [1.165, 1.54) is 6.07 Å². The zero-order valence-electron chi connectivity index (χ0n) is 14.3. The van der Waals surface area contributed by atoms with E-state index < -0.39 is 18.6 Å². The van der Waals surface area contributed by atoms with Gasteiger partial charge in [0.25, 0.3) is 5.92 Å². The fourth-order valence-electron chi connectivity index (χ4n) is 3.27. The summed E-state index contributed by atoms with van der Waals surface area (Å²) in [4.78, 5) is 3.66. The van der Waals surface area contributed by atoms with E-state index in [0.717, 1.165) is 18.8 Å². The van der Waals surface area contributed by atoms with Crippen LogP contribution in [0.5, 0.6) is 5.75 Å². The van der Waals surface area contributed by atoms with Crippen molar-refractivity contribution in [2.75, 3.05) is 50.8 Å². The molecule has 1 heterocycles. The summed E-state index contributed by atoms with van der Waals surface area (Å²) >= 11 is 0. The van der Waals surface area contributed by atoms with Gasteiger partial charge >= 0.3 is 0 Å². The maximum Gasteiger partial charge on any atom is 0.290 e. The Morgan fingerprint density at radius 3 is 2.38 bits per heavy atom. The Hall–Kier alpha value is -1.44. The van der Waals surface area contributed by atoms with Crippen LogP contribution in [0, 0.1) is 0 Å². The number of rotatable bonds is 7. The van der Waals surface area contributed by atoms with Crippen LogP contribution in [-0.4, -0.2) is 66.9 Å². The van der Waals surface area contributed by atoms with Crippen molar-refractivity contribution in [1.82, 2.24) is 10.2 Å². The van der Waals surface area contributed by atoms with Gasteiger partial charge in [0.15, 0.2) is 0 Å². The SMILES string of the molecule is CCN(CC)c1ccc([C@@H](N2CCNCC2)C(F)(F)CO)c(O)c1. The van der Waals surface area contributed by atoms with E-state index in [4.69, 9.17) is 0 Å². The molecule has 3 N–H and O–H groups in total. The number of halogens is 2. The fraction of sp³-hybridized carbons (Fsp3) is 0.647. The summed E-state index contributed by atoms with van der Waals surface area (Å²) in [5, 5.41) is 22.7. The largest absolute Gasteiger partial charge is 0.508 e. The number of nitrogens with one attached hydrogen (secondary N) is 1. The molecule has 0 aromatic heterocycles. The summed E-state index contributed by atoms with van der Waals surface area (Å²) in [6, 6.07) is 3.50. The maximum atomic E-state index is 14.4. The van der Waals surface area contributed by atoms with E-state index >= 15 is 0 Å². The molecule has 1 atom stereocenters. The summed E-state index contributed by atoms with van der Waals surface area (Å²) in [6.45, 7) is 6.38. The van der Waals surface area contributed by atoms with Gasteiger partial charge < -0.3 is 20.4 Å². The first-order valence-electron chi connectivity index (χ1n) is 8.45. The molecule has 1 fully saturated rings. The molecule has 0 aliphatic carbocycles. The summed E-state index contributed by atoms with van der Waals surface area (Å²) in [5.74, 6) is -3.48. The van der Waals surface area contributed by atoms with Crippen molar-refractivity contribution in [1.29, 1.82) is 0 Å². The minimum absolute atomic E-state index is 0.156. The lowest BCUT2D eigenvalue weighted by Crippen LogP contribution is -2.51. The number of anilines is 1. The van der Waals surface area contributed by atoms with Crippen LogP contribution in [0.2, 0.25) is 0 Å². The highest BCUT2D eigenvalue weighted by Crippen LogP contribution is 2.41. The first-order valence-corrected chi connectivity index (χ1v) is 8.45. The van der Waals surface area contributed by atoms with E-state index in [0.29, 0.717) is 26.2 Å². The van der Waals surface area contributed by atoms with E-state index in [9.17, 15) is 19.0 Å². The predicted octanol–water partition coefficient (Wildman–Crippen LogP) is 1.81. The topological polar surface area (TPSA) is 59.0 Å². The second kappa shape index (κ2) is 8.09. The van der Waals surface area contributed by atoms with E-state index in [2.05, 4.69) is 5.32 Å². The van der Waals surface area contributed by atoms with E-state index in [1.807, 2.05) is 18.7 Å². The van der Waals surface area contributed by atoms with Gasteiger partial charge in [0, 0.05) is 56.6 Å². The minimum atomic E-state index is -3.33. The van der Waals surface area contributed by atoms with E-state index in [-0.39, 0.29) is 11.3 Å². The Morgan fingerprint density at radius 2 is 1.88 bits per heavy atom. The van der Waals surface area contributed by atoms with Gasteiger partial charge in [-0.25, -0.2) is 8.78 Å². The van der Waals surface area contributed by atoms with Crippen LogP contribution >= 0.6 is 0 Å². The second-order valence-electron chi connectivity index (χ2n) is 6.02. The highest BCUT2D eigenvalue weighted by molar-refractivity contribution is 5.54. The van der Waals surface area contributed by atoms with Crippen molar-refractivity contribution in [3.8, 4) is 5.75 Å². The van der Waals surface area contributed by atoms with Crippen LogP contribution in [0.3, 0.4) is 0 Å². The third-order valence-corrected chi connectivity index (χ3v) is 4.56. The lowest BCUT2D eigenvalue weighted by molar-refractivity contribution is -0.119. The molecule has 1 aromatic carbocycles. The Bertz CT molecular complexity index is 533. The van der Waals surface area contributed by atoms with Gasteiger partial charge in [-0.15, -0.1) is 0 Å². The molecule has 2 rings (SSSR count). The molecule has 0 saturated carbocycles. The molecule has 1 aliphatic heterocycles. The number of hydrogen-bond acceptors (Lipinski definition) is 5. The number of alkyl halides is 2. The van der Waals surface area contributed by atoms with Gasteiger partial charge in [-0.1, -0.05) is 6.07 Å². The molecule has 0 unspecified atom stereocenters. The third-order valence-electron chi connectivity index (χ3n) is 4.56. The van der Waals surface area contributed by atoms with Crippen molar-refractivity contribution >= 4 is 5.69 Å². The van der Waals surface area contributed by atoms with Crippen LogP contribution in [-0.2, 0) is 0 Å². The number of nitrogens with zero attached hydrogens (tertiary/aromatic N) is 2. The molecule has 0 amide bonds. The molecular formula is C17H27F2N3O2. The lowest BCUT2D eigenvalue weighted by atomic mass is 9.96. The number of phenolic OH excluding ortho intramolecular Hbond substituents is 1. The summed E-state index contributed by atoms with van der Waals surface area (Å²) < 4.78 is 28.9. The van der Waals surface area contributed by atoms with E-state index in [1.54, 1.807) is 17.0 Å². The van der Waals surface area contributed by atoms with Gasteiger partial charge in [0.1, 0.15) is 18.4 Å². The standard InChI is InChI=1S/C17H27F2N3O2/c1-3-21(4-2)13-5-6-14(15(24)11-13)16(17(18,19)12-23)22-9-7-20-8-10-22/h5-6,11,16,20,23-24H,3-4,7-10,12H2,1-2H3/t16-/m1/s1. The number of aliphatic hydroxyl groups excluding tert-OH is 1. The van der Waals surface area contributed by atoms with Gasteiger partial charge in [-0.2, -0.15) is 0 Å². The monoisotopic (exact) mass is 343 g/mol. The summed E-state index contributed by atoms with van der Waals surface area (Å²) in [6.07, 6.45) is 0. The number of hydrogen-bond donors (Lipinski definition) is 3. The van der Waals surface area contributed by atoms with Gasteiger partial charge in [-0.05, 0) is 19.9 Å². The molecule has 0 spiro atoms. The third kappa shape index (κ3) is 3.96. The Balaban J connectivity index is 2.38. The van der Waals surface area contributed by atoms with Crippen molar-refractivity contribution in [3.05, 3.63) is 23.8 Å². The van der Waals surface area contributed by atoms with Crippen LogP contribution in [0.25, 0.3) is 0 Å². The summed E-state index contributed by atoms with van der Waals surface area (Å²) in [7, 11) is 0. The first kappa shape index (κ1) is 18.9. The Labute approximate surface area is 141 Å². The molecule has 24 heavy (non-hydrogen) atoms. The van der Waals surface area contributed by atoms with Gasteiger partial charge in [0.05, 0.1) is 0 Å². The minimum Gasteiger partial charge on any atom is -0.508 e. The Kier molecular flexibility index (Phi) is 6.37. The molecule has 0 radical (unpaired) electrons. The van der Waals surface area contributed by atoms with Crippen molar-refractivity contribution in [2.24, 2.45) is 0 Å². The molecule has 1 aromatic rings. The fourth-order valence-corrected chi connectivity index (χ4v) is 3.27. The second-order valence-corrected chi connectivity index (χ2v) is 6.02. The normalized spacial score (nSPS) is 17.7. The predicted molar refractivity (Wildman–Crippen MR) is 90.9 cm³/mol. The highest BCUT2D eigenvalue weighted by atomic mass is 19.3.